The smallest absolute Gasteiger partial charge is 0.308 e. The Morgan fingerprint density at radius 3 is 2.33 bits per heavy atom. The minimum atomic E-state index is -0.669. The monoisotopic (exact) mass is 292 g/mol. The van der Waals surface area contributed by atoms with E-state index in [2.05, 4.69) is 23.8 Å². The summed E-state index contributed by atoms with van der Waals surface area (Å²) in [6.45, 7) is 2.23. The lowest BCUT2D eigenvalue weighted by Crippen LogP contribution is -2.17. The molecule has 0 aliphatic carbocycles. The third kappa shape index (κ3) is 7.86. The predicted octanol–water partition coefficient (Wildman–Crippen LogP) is 3.67. The normalized spacial score (nSPS) is 12.1. The van der Waals surface area contributed by atoms with Crippen LogP contribution < -0.4 is 0 Å². The minimum absolute atomic E-state index is 0.0513. The van der Waals surface area contributed by atoms with E-state index < -0.39 is 6.10 Å². The zero-order valence-corrected chi connectivity index (χ0v) is 13.3. The molecule has 0 saturated heterocycles. The van der Waals surface area contributed by atoms with Gasteiger partial charge in [0, 0.05) is 0 Å². The summed E-state index contributed by atoms with van der Waals surface area (Å²) in [7, 11) is 1.34. The number of ether oxygens (including phenoxy) is 1. The Hall–Kier alpha value is -1.35. The Morgan fingerprint density at radius 1 is 1.10 bits per heavy atom. The Balaban J connectivity index is 2.31. The molecule has 1 N–H and O–H groups in total. The van der Waals surface area contributed by atoms with Crippen LogP contribution in [0.5, 0.6) is 0 Å². The van der Waals surface area contributed by atoms with Crippen molar-refractivity contribution in [2.75, 3.05) is 7.11 Å². The molecular formula is C18H28O3. The first kappa shape index (κ1) is 17.7. The molecule has 1 aromatic rings. The number of carbonyl (C=O) groups excluding carboxylic acids is 1. The molecule has 3 nitrogen and oxygen atoms in total. The Kier molecular flexibility index (Phi) is 8.76. The fourth-order valence-electron chi connectivity index (χ4n) is 2.39. The lowest BCUT2D eigenvalue weighted by Gasteiger charge is -2.10. The molecule has 21 heavy (non-hydrogen) atoms. The zero-order valence-electron chi connectivity index (χ0n) is 13.3. The fraction of sp³-hybridized carbons (Fsp3) is 0.611. The highest BCUT2D eigenvalue weighted by Gasteiger charge is 2.11. The molecule has 1 atom stereocenters. The van der Waals surface area contributed by atoms with E-state index in [1.54, 1.807) is 0 Å². The molecular weight excluding hydrogens is 264 g/mol. The number of carbonyl (C=O) groups is 1. The number of rotatable bonds is 10. The number of aliphatic hydroxyl groups excluding tert-OH is 1. The summed E-state index contributed by atoms with van der Waals surface area (Å²) < 4.78 is 4.55. The van der Waals surface area contributed by atoms with Gasteiger partial charge in [0.1, 0.15) is 0 Å². The van der Waals surface area contributed by atoms with E-state index in [9.17, 15) is 9.90 Å². The van der Waals surface area contributed by atoms with Crippen LogP contribution >= 0.6 is 0 Å². The van der Waals surface area contributed by atoms with E-state index in [1.165, 1.54) is 44.8 Å². The van der Waals surface area contributed by atoms with Crippen LogP contribution in [-0.4, -0.2) is 24.3 Å². The van der Waals surface area contributed by atoms with E-state index in [4.69, 9.17) is 0 Å². The van der Waals surface area contributed by atoms with Crippen LogP contribution in [0.3, 0.4) is 0 Å². The first-order chi connectivity index (χ1) is 10.2. The summed E-state index contributed by atoms with van der Waals surface area (Å²) in [6, 6.07) is 8.34. The van der Waals surface area contributed by atoms with Crippen LogP contribution in [0.25, 0.3) is 0 Å². The van der Waals surface area contributed by atoms with E-state index >= 15 is 0 Å². The second-order valence-corrected chi connectivity index (χ2v) is 5.62. The molecule has 0 aliphatic heterocycles. The molecule has 118 valence electrons. The highest BCUT2D eigenvalue weighted by atomic mass is 16.5. The van der Waals surface area contributed by atoms with Crippen molar-refractivity contribution in [2.24, 2.45) is 0 Å². The summed E-state index contributed by atoms with van der Waals surface area (Å²) in [4.78, 5) is 11.1. The number of aryl methyl sites for hydroxylation is 1. The quantitative estimate of drug-likeness (QED) is 0.529. The Bertz CT molecular complexity index is 397. The van der Waals surface area contributed by atoms with Gasteiger partial charge in [0.2, 0.25) is 0 Å². The fourth-order valence-corrected chi connectivity index (χ4v) is 2.39. The van der Waals surface area contributed by atoms with Crippen LogP contribution in [0.2, 0.25) is 0 Å². The van der Waals surface area contributed by atoms with Crippen LogP contribution in [0.1, 0.15) is 56.6 Å². The molecule has 0 heterocycles. The summed E-state index contributed by atoms with van der Waals surface area (Å²) in [5.41, 5.74) is 2.40. The van der Waals surface area contributed by atoms with Crippen molar-refractivity contribution < 1.29 is 14.6 Å². The molecule has 0 fully saturated rings. The largest absolute Gasteiger partial charge is 0.469 e. The van der Waals surface area contributed by atoms with Gasteiger partial charge in [-0.05, 0) is 30.4 Å². The lowest BCUT2D eigenvalue weighted by atomic mass is 10.0. The van der Waals surface area contributed by atoms with Crippen molar-refractivity contribution in [3.8, 4) is 0 Å². The summed E-state index contributed by atoms with van der Waals surface area (Å²) in [5.74, 6) is -0.369. The van der Waals surface area contributed by atoms with Gasteiger partial charge in [-0.2, -0.15) is 0 Å². The molecule has 3 heteroatoms. The van der Waals surface area contributed by atoms with Gasteiger partial charge in [0.25, 0.3) is 0 Å². The molecule has 0 aliphatic rings. The number of esters is 1. The predicted molar refractivity (Wildman–Crippen MR) is 85.2 cm³/mol. The van der Waals surface area contributed by atoms with Gasteiger partial charge in [0.15, 0.2) is 0 Å². The second-order valence-electron chi connectivity index (χ2n) is 5.62. The van der Waals surface area contributed by atoms with E-state index in [0.717, 1.165) is 12.0 Å². The van der Waals surface area contributed by atoms with Gasteiger partial charge >= 0.3 is 5.97 Å². The number of hydrogen-bond donors (Lipinski definition) is 1. The van der Waals surface area contributed by atoms with Gasteiger partial charge in [-0.15, -0.1) is 0 Å². The average Bonchev–Trinajstić information content (AvgIpc) is 2.48. The van der Waals surface area contributed by atoms with Crippen molar-refractivity contribution in [2.45, 2.75) is 64.4 Å². The summed E-state index contributed by atoms with van der Waals surface area (Å²) in [5, 5.41) is 9.80. The highest BCUT2D eigenvalue weighted by Crippen LogP contribution is 2.12. The molecule has 0 amide bonds. The zero-order chi connectivity index (χ0) is 15.5. The van der Waals surface area contributed by atoms with Gasteiger partial charge in [-0.1, -0.05) is 56.9 Å². The maximum Gasteiger partial charge on any atom is 0.308 e. The SMILES string of the molecule is CCCCCCCc1ccc(C[C@@H](O)CC(=O)OC)cc1. The van der Waals surface area contributed by atoms with Crippen LogP contribution in [0, 0.1) is 0 Å². The van der Waals surface area contributed by atoms with Gasteiger partial charge < -0.3 is 9.84 Å². The Morgan fingerprint density at radius 2 is 1.71 bits per heavy atom. The maximum atomic E-state index is 11.1. The molecule has 1 rings (SSSR count). The summed E-state index contributed by atoms with van der Waals surface area (Å²) in [6.07, 6.45) is 7.47. The van der Waals surface area contributed by atoms with Crippen molar-refractivity contribution >= 4 is 5.97 Å². The number of hydrogen-bond acceptors (Lipinski definition) is 3. The van der Waals surface area contributed by atoms with Crippen molar-refractivity contribution in [1.29, 1.82) is 0 Å². The number of benzene rings is 1. The molecule has 0 spiro atoms. The van der Waals surface area contributed by atoms with Crippen molar-refractivity contribution in [3.05, 3.63) is 35.4 Å². The first-order valence-electron chi connectivity index (χ1n) is 7.98. The number of aliphatic hydroxyl groups is 1. The maximum absolute atomic E-state index is 11.1. The number of methoxy groups -OCH3 is 1. The standard InChI is InChI=1S/C18H28O3/c1-3-4-5-6-7-8-15-9-11-16(12-10-15)13-17(19)14-18(20)21-2/h9-12,17,19H,3-8,13-14H2,1-2H3/t17-/m1/s1. The second kappa shape index (κ2) is 10.4. The third-order valence-corrected chi connectivity index (χ3v) is 3.69. The molecule has 0 radical (unpaired) electrons. The molecule has 0 bridgehead atoms. The molecule has 0 aromatic heterocycles. The van der Waals surface area contributed by atoms with E-state index in [0.29, 0.717) is 6.42 Å². The molecule has 0 unspecified atom stereocenters. The third-order valence-electron chi connectivity index (χ3n) is 3.69. The topological polar surface area (TPSA) is 46.5 Å². The van der Waals surface area contributed by atoms with Crippen LogP contribution in [0.15, 0.2) is 24.3 Å². The summed E-state index contributed by atoms with van der Waals surface area (Å²) >= 11 is 0. The van der Waals surface area contributed by atoms with E-state index in [-0.39, 0.29) is 12.4 Å². The van der Waals surface area contributed by atoms with Gasteiger partial charge in [-0.3, -0.25) is 4.79 Å². The van der Waals surface area contributed by atoms with Crippen molar-refractivity contribution in [1.82, 2.24) is 0 Å². The van der Waals surface area contributed by atoms with Gasteiger partial charge in [-0.25, -0.2) is 0 Å². The minimum Gasteiger partial charge on any atom is -0.469 e. The van der Waals surface area contributed by atoms with E-state index in [1.807, 2.05) is 12.1 Å². The highest BCUT2D eigenvalue weighted by molar-refractivity contribution is 5.69. The van der Waals surface area contributed by atoms with Crippen LogP contribution in [-0.2, 0) is 22.4 Å². The molecule has 0 saturated carbocycles. The average molecular weight is 292 g/mol. The van der Waals surface area contributed by atoms with Gasteiger partial charge in [0.05, 0.1) is 19.6 Å². The first-order valence-corrected chi connectivity index (χ1v) is 7.98. The molecule has 1 aromatic carbocycles. The van der Waals surface area contributed by atoms with Crippen molar-refractivity contribution in [3.63, 3.8) is 0 Å². The lowest BCUT2D eigenvalue weighted by molar-refractivity contribution is -0.142. The number of unbranched alkanes of at least 4 members (excludes halogenated alkanes) is 4. The van der Waals surface area contributed by atoms with Crippen LogP contribution in [0.4, 0.5) is 0 Å². The Labute approximate surface area is 128 Å².